The van der Waals surface area contributed by atoms with Gasteiger partial charge in [0, 0.05) is 18.8 Å². The molecule has 0 saturated heterocycles. The number of nitrogens with one attached hydrogen (secondary N) is 1. The third kappa shape index (κ3) is 4.27. The lowest BCUT2D eigenvalue weighted by molar-refractivity contribution is 0.455. The Morgan fingerprint density at radius 2 is 1.50 bits per heavy atom. The summed E-state index contributed by atoms with van der Waals surface area (Å²) < 4.78 is 49.5. The Balaban J connectivity index is 3.05. The zero-order valence-corrected chi connectivity index (χ0v) is 13.3. The minimum Gasteiger partial charge on any atom is -0.329 e. The van der Waals surface area contributed by atoms with E-state index in [0.29, 0.717) is 0 Å². The minimum atomic E-state index is -3.70. The van der Waals surface area contributed by atoms with Gasteiger partial charge >= 0.3 is 0 Å². The molecule has 0 heterocycles. The monoisotopic (exact) mass is 320 g/mol. The van der Waals surface area contributed by atoms with Gasteiger partial charge in [-0.25, -0.2) is 21.6 Å². The van der Waals surface area contributed by atoms with Gasteiger partial charge in [0.2, 0.25) is 10.0 Å². The summed E-state index contributed by atoms with van der Waals surface area (Å²) in [5.74, 6) is 0.0602. The molecule has 0 fully saturated rings. The highest BCUT2D eigenvalue weighted by atomic mass is 32.2. The zero-order valence-electron chi connectivity index (χ0n) is 11.7. The summed E-state index contributed by atoms with van der Waals surface area (Å²) in [5, 5.41) is 0. The van der Waals surface area contributed by atoms with Crippen molar-refractivity contribution in [2.45, 2.75) is 29.7 Å². The van der Waals surface area contributed by atoms with E-state index in [1.54, 1.807) is 0 Å². The Morgan fingerprint density at radius 1 is 1.05 bits per heavy atom. The fraction of sp³-hybridized carbons (Fsp3) is 0.500. The Hall–Kier alpha value is -0.960. The van der Waals surface area contributed by atoms with Gasteiger partial charge in [0.25, 0.3) is 0 Å². The SMILES string of the molecule is CC(C)C(CN)NS(=O)(=O)c1ccc(S(C)(=O)=O)cc1. The molecule has 1 unspecified atom stereocenters. The van der Waals surface area contributed by atoms with Crippen LogP contribution in [0.4, 0.5) is 0 Å². The summed E-state index contributed by atoms with van der Waals surface area (Å²) in [5.41, 5.74) is 5.53. The van der Waals surface area contributed by atoms with E-state index in [1.165, 1.54) is 24.3 Å². The van der Waals surface area contributed by atoms with Crippen molar-refractivity contribution in [1.82, 2.24) is 4.72 Å². The minimum absolute atomic E-state index is 0.0176. The van der Waals surface area contributed by atoms with Gasteiger partial charge in [-0.2, -0.15) is 0 Å². The fourth-order valence-electron chi connectivity index (χ4n) is 1.59. The third-order valence-electron chi connectivity index (χ3n) is 2.93. The molecule has 0 bridgehead atoms. The van der Waals surface area contributed by atoms with Crippen molar-refractivity contribution in [1.29, 1.82) is 0 Å². The van der Waals surface area contributed by atoms with Crippen LogP contribution in [0.3, 0.4) is 0 Å². The van der Waals surface area contributed by atoms with E-state index in [0.717, 1.165) is 6.26 Å². The average molecular weight is 320 g/mol. The van der Waals surface area contributed by atoms with Gasteiger partial charge in [-0.05, 0) is 30.2 Å². The second-order valence-electron chi connectivity index (χ2n) is 4.95. The van der Waals surface area contributed by atoms with Crippen LogP contribution in [0.5, 0.6) is 0 Å². The lowest BCUT2D eigenvalue weighted by Gasteiger charge is -2.20. The van der Waals surface area contributed by atoms with Gasteiger partial charge < -0.3 is 5.73 Å². The molecule has 0 aliphatic carbocycles. The fourth-order valence-corrected chi connectivity index (χ4v) is 3.62. The highest BCUT2D eigenvalue weighted by Crippen LogP contribution is 2.15. The van der Waals surface area contributed by atoms with Crippen LogP contribution in [0.25, 0.3) is 0 Å². The molecular weight excluding hydrogens is 300 g/mol. The van der Waals surface area contributed by atoms with Crippen LogP contribution in [-0.4, -0.2) is 35.7 Å². The first-order chi connectivity index (χ1) is 9.08. The van der Waals surface area contributed by atoms with E-state index < -0.39 is 19.9 Å². The van der Waals surface area contributed by atoms with Crippen molar-refractivity contribution < 1.29 is 16.8 Å². The summed E-state index contributed by atoms with van der Waals surface area (Å²) in [6.45, 7) is 3.93. The molecule has 1 rings (SSSR count). The second kappa shape index (κ2) is 6.21. The standard InChI is InChI=1S/C12H20N2O4S2/c1-9(2)12(8-13)14-20(17,18)11-6-4-10(5-7-11)19(3,15)16/h4-7,9,12,14H,8,13H2,1-3H3. The number of hydrogen-bond donors (Lipinski definition) is 2. The lowest BCUT2D eigenvalue weighted by atomic mass is 10.1. The van der Waals surface area contributed by atoms with E-state index in [9.17, 15) is 16.8 Å². The van der Waals surface area contributed by atoms with Gasteiger partial charge in [0.15, 0.2) is 9.84 Å². The summed E-state index contributed by atoms with van der Waals surface area (Å²) >= 11 is 0. The van der Waals surface area contributed by atoms with Crippen LogP contribution in [0.15, 0.2) is 34.1 Å². The number of nitrogens with two attached hydrogens (primary N) is 1. The number of hydrogen-bond acceptors (Lipinski definition) is 5. The van der Waals surface area contributed by atoms with E-state index in [1.807, 2.05) is 13.8 Å². The molecule has 0 radical (unpaired) electrons. The Morgan fingerprint density at radius 3 is 1.85 bits per heavy atom. The maximum absolute atomic E-state index is 12.2. The van der Waals surface area contributed by atoms with Gasteiger partial charge in [0.05, 0.1) is 9.79 Å². The van der Waals surface area contributed by atoms with Gasteiger partial charge in [0.1, 0.15) is 0 Å². The smallest absolute Gasteiger partial charge is 0.240 e. The maximum Gasteiger partial charge on any atom is 0.240 e. The molecule has 0 aromatic heterocycles. The first kappa shape index (κ1) is 17.1. The molecule has 6 nitrogen and oxygen atoms in total. The number of sulfone groups is 1. The molecule has 0 saturated carbocycles. The molecule has 20 heavy (non-hydrogen) atoms. The molecule has 1 aromatic carbocycles. The van der Waals surface area contributed by atoms with Gasteiger partial charge in [-0.15, -0.1) is 0 Å². The predicted molar refractivity (Wildman–Crippen MR) is 77.6 cm³/mol. The molecule has 0 aliphatic rings. The second-order valence-corrected chi connectivity index (χ2v) is 8.68. The highest BCUT2D eigenvalue weighted by molar-refractivity contribution is 7.90. The van der Waals surface area contributed by atoms with Crippen molar-refractivity contribution in [2.24, 2.45) is 11.7 Å². The van der Waals surface area contributed by atoms with E-state index in [2.05, 4.69) is 4.72 Å². The molecule has 0 amide bonds. The predicted octanol–water partition coefficient (Wildman–Crippen LogP) is 0.352. The lowest BCUT2D eigenvalue weighted by Crippen LogP contribution is -2.43. The van der Waals surface area contributed by atoms with Crippen LogP contribution >= 0.6 is 0 Å². The third-order valence-corrected chi connectivity index (χ3v) is 5.56. The van der Waals surface area contributed by atoms with Crippen LogP contribution in [0, 0.1) is 5.92 Å². The first-order valence-corrected chi connectivity index (χ1v) is 9.48. The molecule has 0 aliphatic heterocycles. The first-order valence-electron chi connectivity index (χ1n) is 6.10. The van der Waals surface area contributed by atoms with Crippen molar-refractivity contribution >= 4 is 19.9 Å². The Labute approximate surface area is 120 Å². The molecule has 1 aromatic rings. The summed E-state index contributed by atoms with van der Waals surface area (Å²) in [6.07, 6.45) is 1.07. The van der Waals surface area contributed by atoms with E-state index in [4.69, 9.17) is 5.73 Å². The summed E-state index contributed by atoms with van der Waals surface area (Å²) in [6, 6.07) is 4.72. The molecule has 8 heteroatoms. The van der Waals surface area contributed by atoms with Crippen LogP contribution < -0.4 is 10.5 Å². The number of benzene rings is 1. The van der Waals surface area contributed by atoms with Crippen LogP contribution in [-0.2, 0) is 19.9 Å². The van der Waals surface area contributed by atoms with Crippen molar-refractivity contribution in [2.75, 3.05) is 12.8 Å². The topological polar surface area (TPSA) is 106 Å². The largest absolute Gasteiger partial charge is 0.329 e. The molecule has 3 N–H and O–H groups in total. The van der Waals surface area contributed by atoms with Crippen LogP contribution in [0.2, 0.25) is 0 Å². The summed E-state index contributed by atoms with van der Waals surface area (Å²) in [4.78, 5) is 0.0969. The quantitative estimate of drug-likeness (QED) is 0.786. The molecule has 0 spiro atoms. The summed E-state index contributed by atoms with van der Waals surface area (Å²) in [7, 11) is -7.05. The maximum atomic E-state index is 12.2. The van der Waals surface area contributed by atoms with Gasteiger partial charge in [-0.3, -0.25) is 0 Å². The van der Waals surface area contributed by atoms with Crippen molar-refractivity contribution in [3.8, 4) is 0 Å². The van der Waals surface area contributed by atoms with Gasteiger partial charge in [-0.1, -0.05) is 13.8 Å². The number of sulfonamides is 1. The number of rotatable bonds is 6. The van der Waals surface area contributed by atoms with E-state index >= 15 is 0 Å². The Bertz CT molecular complexity index is 649. The van der Waals surface area contributed by atoms with E-state index in [-0.39, 0.29) is 28.3 Å². The molecule has 1 atom stereocenters. The van der Waals surface area contributed by atoms with Crippen molar-refractivity contribution in [3.05, 3.63) is 24.3 Å². The Kier molecular flexibility index (Phi) is 5.31. The van der Waals surface area contributed by atoms with Crippen molar-refractivity contribution in [3.63, 3.8) is 0 Å². The van der Waals surface area contributed by atoms with Crippen LogP contribution in [0.1, 0.15) is 13.8 Å². The average Bonchev–Trinajstić information content (AvgIpc) is 2.35. The normalized spacial score (nSPS) is 14.4. The molecule has 114 valence electrons. The zero-order chi connectivity index (χ0) is 15.6. The molecular formula is C12H20N2O4S2. The highest BCUT2D eigenvalue weighted by Gasteiger charge is 2.21.